The van der Waals surface area contributed by atoms with Crippen molar-refractivity contribution in [3.8, 4) is 0 Å². The van der Waals surface area contributed by atoms with E-state index in [4.69, 9.17) is 11.6 Å². The lowest BCUT2D eigenvalue weighted by Crippen LogP contribution is -1.90. The van der Waals surface area contributed by atoms with Crippen LogP contribution in [0.5, 0.6) is 0 Å². The van der Waals surface area contributed by atoms with Crippen molar-refractivity contribution in [2.45, 2.75) is 41.5 Å². The van der Waals surface area contributed by atoms with Crippen molar-refractivity contribution >= 4 is 11.6 Å². The Labute approximate surface area is 145 Å². The van der Waals surface area contributed by atoms with Crippen LogP contribution in [0.4, 0.5) is 22.0 Å². The highest BCUT2D eigenvalue weighted by atomic mass is 35.5. The summed E-state index contributed by atoms with van der Waals surface area (Å²) < 4.78 is 61.5. The van der Waals surface area contributed by atoms with E-state index in [0.29, 0.717) is 11.1 Å². The second-order valence-corrected chi connectivity index (χ2v) is 4.46. The molecule has 0 atom stereocenters. The zero-order chi connectivity index (χ0) is 19.4. The molecule has 0 nitrogen and oxygen atoms in total. The van der Waals surface area contributed by atoms with E-state index in [0.717, 1.165) is 12.1 Å². The van der Waals surface area contributed by atoms with Gasteiger partial charge in [-0.3, -0.25) is 0 Å². The molecule has 0 fully saturated rings. The Morgan fingerprint density at radius 3 is 1.12 bits per heavy atom. The normalized spacial score (nSPS) is 8.83. The molecule has 0 aliphatic carbocycles. The number of rotatable bonds is 0. The molecule has 6 heteroatoms. The van der Waals surface area contributed by atoms with Crippen LogP contribution in [0.25, 0.3) is 0 Å². The molecule has 0 saturated carbocycles. The van der Waals surface area contributed by atoms with Crippen LogP contribution in [0, 0.1) is 42.9 Å². The molecule has 0 N–H and O–H groups in total. The first-order valence-corrected chi connectivity index (χ1v) is 7.82. The molecule has 0 amide bonds. The van der Waals surface area contributed by atoms with E-state index < -0.39 is 34.1 Å². The summed E-state index contributed by atoms with van der Waals surface area (Å²) in [5.41, 5.74) is 0.899. The van der Waals surface area contributed by atoms with E-state index in [1.54, 1.807) is 6.92 Å². The topological polar surface area (TPSA) is 0 Å². The number of aryl methyl sites for hydroxylation is 2. The van der Waals surface area contributed by atoms with Gasteiger partial charge in [-0.1, -0.05) is 39.3 Å². The monoisotopic (exact) mass is 368 g/mol. The van der Waals surface area contributed by atoms with Crippen LogP contribution in [-0.4, -0.2) is 0 Å². The maximum absolute atomic E-state index is 12.5. The molecular weight excluding hydrogens is 347 g/mol. The number of benzene rings is 2. The van der Waals surface area contributed by atoms with Crippen molar-refractivity contribution < 1.29 is 22.0 Å². The van der Waals surface area contributed by atoms with Gasteiger partial charge < -0.3 is 0 Å². The van der Waals surface area contributed by atoms with Crippen LogP contribution in [0.3, 0.4) is 0 Å². The SMILES string of the molecule is CC.CC.Cc1cc(F)c(Cl)c(F)c1.Cc1cc(F)c(F)c(F)c1. The largest absolute Gasteiger partial charge is 0.205 e. The molecule has 24 heavy (non-hydrogen) atoms. The standard InChI is InChI=1S/C7H5ClF2.C7H5F3.2C2H6/c1-4-2-5(9)7(8)6(10)3-4;1-4-2-5(8)7(10)6(9)3-4;2*1-2/h2*2-3H,1H3;2*1-2H3. The molecular formula is C18H22ClF5. The molecule has 0 radical (unpaired) electrons. The molecule has 136 valence electrons. The Balaban J connectivity index is 0. The van der Waals surface area contributed by atoms with E-state index in [9.17, 15) is 22.0 Å². The molecule has 2 rings (SSSR count). The van der Waals surface area contributed by atoms with Gasteiger partial charge in [-0.05, 0) is 49.2 Å². The molecule has 2 aromatic rings. The first-order chi connectivity index (χ1) is 11.2. The minimum Gasteiger partial charge on any atom is -0.205 e. The zero-order valence-corrected chi connectivity index (χ0v) is 15.3. The van der Waals surface area contributed by atoms with E-state index in [2.05, 4.69) is 0 Å². The van der Waals surface area contributed by atoms with Crippen LogP contribution in [0.1, 0.15) is 38.8 Å². The van der Waals surface area contributed by atoms with Gasteiger partial charge in [-0.25, -0.2) is 22.0 Å². The molecule has 0 aliphatic heterocycles. The minimum atomic E-state index is -1.41. The fourth-order valence-electron chi connectivity index (χ4n) is 1.36. The molecule has 0 unspecified atom stereocenters. The van der Waals surface area contributed by atoms with Gasteiger partial charge in [0.1, 0.15) is 16.7 Å². The maximum atomic E-state index is 12.5. The summed E-state index contributed by atoms with van der Waals surface area (Å²) in [4.78, 5) is 0. The summed E-state index contributed by atoms with van der Waals surface area (Å²) >= 11 is 5.20. The minimum absolute atomic E-state index is 0.372. The van der Waals surface area contributed by atoms with Gasteiger partial charge in [0.15, 0.2) is 17.5 Å². The molecule has 0 spiro atoms. The number of hydrogen-bond donors (Lipinski definition) is 0. The quantitative estimate of drug-likeness (QED) is 0.336. The van der Waals surface area contributed by atoms with Crippen molar-refractivity contribution in [2.24, 2.45) is 0 Å². The Morgan fingerprint density at radius 2 is 0.833 bits per heavy atom. The van der Waals surface area contributed by atoms with Gasteiger partial charge in [0.05, 0.1) is 0 Å². The van der Waals surface area contributed by atoms with Crippen LogP contribution < -0.4 is 0 Å². The summed E-state index contributed by atoms with van der Waals surface area (Å²) in [6, 6.07) is 4.26. The summed E-state index contributed by atoms with van der Waals surface area (Å²) in [6.07, 6.45) is 0. The third-order valence-electron chi connectivity index (χ3n) is 2.26. The predicted octanol–water partition coefficient (Wildman–Crippen LogP) is 7.39. The second-order valence-electron chi connectivity index (χ2n) is 4.09. The summed E-state index contributed by atoms with van der Waals surface area (Å²) in [5, 5.41) is -0.439. The Kier molecular flexibility index (Phi) is 13.1. The van der Waals surface area contributed by atoms with E-state index >= 15 is 0 Å². The fourth-order valence-corrected chi connectivity index (χ4v) is 1.47. The lowest BCUT2D eigenvalue weighted by Gasteiger charge is -1.96. The Bertz CT molecular complexity index is 525. The first-order valence-electron chi connectivity index (χ1n) is 7.44. The molecule has 0 aliphatic rings. The maximum Gasteiger partial charge on any atom is 0.194 e. The highest BCUT2D eigenvalue weighted by molar-refractivity contribution is 6.30. The smallest absolute Gasteiger partial charge is 0.194 e. The van der Waals surface area contributed by atoms with Crippen molar-refractivity contribution in [3.05, 3.63) is 69.5 Å². The lowest BCUT2D eigenvalue weighted by atomic mass is 10.2. The highest BCUT2D eigenvalue weighted by Crippen LogP contribution is 2.19. The van der Waals surface area contributed by atoms with Gasteiger partial charge >= 0.3 is 0 Å². The van der Waals surface area contributed by atoms with Crippen molar-refractivity contribution in [2.75, 3.05) is 0 Å². The van der Waals surface area contributed by atoms with E-state index in [-0.39, 0.29) is 0 Å². The van der Waals surface area contributed by atoms with Crippen LogP contribution >= 0.6 is 11.6 Å². The van der Waals surface area contributed by atoms with Crippen LogP contribution in [0.2, 0.25) is 5.02 Å². The third-order valence-corrected chi connectivity index (χ3v) is 2.62. The summed E-state index contributed by atoms with van der Waals surface area (Å²) in [6.45, 7) is 11.1. The summed E-state index contributed by atoms with van der Waals surface area (Å²) in [7, 11) is 0. The molecule has 0 bridgehead atoms. The molecule has 2 aromatic carbocycles. The van der Waals surface area contributed by atoms with Gasteiger partial charge in [0, 0.05) is 0 Å². The van der Waals surface area contributed by atoms with Crippen LogP contribution in [-0.2, 0) is 0 Å². The van der Waals surface area contributed by atoms with Gasteiger partial charge in [-0.15, -0.1) is 0 Å². The summed E-state index contributed by atoms with van der Waals surface area (Å²) in [5.74, 6) is -5.11. The zero-order valence-electron chi connectivity index (χ0n) is 14.6. The fraction of sp³-hybridized carbons (Fsp3) is 0.333. The molecule has 0 aromatic heterocycles. The first kappa shape index (κ1) is 24.6. The Morgan fingerprint density at radius 1 is 0.583 bits per heavy atom. The van der Waals surface area contributed by atoms with Gasteiger partial charge in [0.25, 0.3) is 0 Å². The lowest BCUT2D eigenvalue weighted by molar-refractivity contribution is 0.446. The average molecular weight is 369 g/mol. The number of hydrogen-bond acceptors (Lipinski definition) is 0. The van der Waals surface area contributed by atoms with Crippen LogP contribution in [0.15, 0.2) is 24.3 Å². The van der Waals surface area contributed by atoms with Crippen molar-refractivity contribution in [1.29, 1.82) is 0 Å². The van der Waals surface area contributed by atoms with E-state index in [1.807, 2.05) is 27.7 Å². The third kappa shape index (κ3) is 8.29. The molecule has 0 heterocycles. The van der Waals surface area contributed by atoms with Gasteiger partial charge in [-0.2, -0.15) is 0 Å². The Hall–Kier alpha value is -1.62. The van der Waals surface area contributed by atoms with Crippen molar-refractivity contribution in [1.82, 2.24) is 0 Å². The highest BCUT2D eigenvalue weighted by Gasteiger charge is 2.07. The van der Waals surface area contributed by atoms with Gasteiger partial charge in [0.2, 0.25) is 0 Å². The van der Waals surface area contributed by atoms with Crippen molar-refractivity contribution in [3.63, 3.8) is 0 Å². The average Bonchev–Trinajstić information content (AvgIpc) is 2.54. The molecule has 0 saturated heterocycles. The predicted molar refractivity (Wildman–Crippen MR) is 89.9 cm³/mol. The number of halogens is 6. The van der Waals surface area contributed by atoms with E-state index in [1.165, 1.54) is 19.1 Å². The second kappa shape index (κ2) is 12.8.